The molecule has 0 aliphatic heterocycles. The van der Waals surface area contributed by atoms with E-state index in [0.29, 0.717) is 5.69 Å². The summed E-state index contributed by atoms with van der Waals surface area (Å²) in [6.45, 7) is 0. The Hall–Kier alpha value is -2.62. The molecule has 2 aromatic rings. The third-order valence-electron chi connectivity index (χ3n) is 2.54. The molecular weight excluding hydrogens is 228 g/mol. The largest absolute Gasteiger partial charge is 0.398 e. The van der Waals surface area contributed by atoms with Crippen molar-refractivity contribution in [2.75, 3.05) is 5.73 Å². The van der Waals surface area contributed by atoms with Crippen LogP contribution in [0.15, 0.2) is 48.5 Å². The van der Waals surface area contributed by atoms with Crippen molar-refractivity contribution < 1.29 is 4.92 Å². The van der Waals surface area contributed by atoms with Crippen molar-refractivity contribution in [3.63, 3.8) is 0 Å². The third kappa shape index (κ3) is 2.74. The quantitative estimate of drug-likeness (QED) is 0.387. The molecule has 0 spiro atoms. The van der Waals surface area contributed by atoms with E-state index in [2.05, 4.69) is 0 Å². The van der Waals surface area contributed by atoms with Crippen LogP contribution in [0, 0.1) is 10.1 Å². The van der Waals surface area contributed by atoms with Gasteiger partial charge in [-0.25, -0.2) is 0 Å². The van der Waals surface area contributed by atoms with E-state index in [1.807, 2.05) is 42.5 Å². The minimum Gasteiger partial charge on any atom is -0.398 e. The van der Waals surface area contributed by atoms with Crippen molar-refractivity contribution in [3.05, 3.63) is 69.8 Å². The van der Waals surface area contributed by atoms with Gasteiger partial charge in [-0.2, -0.15) is 0 Å². The van der Waals surface area contributed by atoms with Crippen LogP contribution in [0.2, 0.25) is 0 Å². The summed E-state index contributed by atoms with van der Waals surface area (Å²) in [5.74, 6) is 0. The fourth-order valence-electron chi connectivity index (χ4n) is 1.58. The zero-order valence-electron chi connectivity index (χ0n) is 9.61. The second-order valence-corrected chi connectivity index (χ2v) is 3.81. The first kappa shape index (κ1) is 11.9. The Labute approximate surface area is 105 Å². The lowest BCUT2D eigenvalue weighted by Crippen LogP contribution is -1.93. The molecule has 0 fully saturated rings. The zero-order valence-corrected chi connectivity index (χ0v) is 9.61. The summed E-state index contributed by atoms with van der Waals surface area (Å²) in [6.07, 6.45) is 3.76. The van der Waals surface area contributed by atoms with Gasteiger partial charge in [-0.1, -0.05) is 42.5 Å². The number of nitrogens with two attached hydrogens (primary N) is 1. The first-order valence-electron chi connectivity index (χ1n) is 5.44. The molecule has 18 heavy (non-hydrogen) atoms. The summed E-state index contributed by atoms with van der Waals surface area (Å²) in [7, 11) is 0. The van der Waals surface area contributed by atoms with Crippen LogP contribution in [0.5, 0.6) is 0 Å². The molecule has 90 valence electrons. The van der Waals surface area contributed by atoms with Gasteiger partial charge in [-0.05, 0) is 17.2 Å². The number of nitro benzene ring substituents is 1. The summed E-state index contributed by atoms with van der Waals surface area (Å²) >= 11 is 0. The molecule has 0 bridgehead atoms. The SMILES string of the molecule is Nc1cc([N+](=O)[O-])ccc1C=Cc1ccccc1. The summed E-state index contributed by atoms with van der Waals surface area (Å²) < 4.78 is 0. The molecule has 0 aromatic heterocycles. The van der Waals surface area contributed by atoms with Crippen LogP contribution >= 0.6 is 0 Å². The van der Waals surface area contributed by atoms with E-state index in [9.17, 15) is 10.1 Å². The Kier molecular flexibility index (Phi) is 3.38. The highest BCUT2D eigenvalue weighted by atomic mass is 16.6. The summed E-state index contributed by atoms with van der Waals surface area (Å²) in [5, 5.41) is 10.6. The first-order chi connectivity index (χ1) is 8.66. The number of nitro groups is 1. The molecule has 0 unspecified atom stereocenters. The number of nitrogens with zero attached hydrogens (tertiary/aromatic N) is 1. The summed E-state index contributed by atoms with van der Waals surface area (Å²) in [5.41, 5.74) is 7.99. The second-order valence-electron chi connectivity index (χ2n) is 3.81. The molecule has 0 aliphatic carbocycles. The molecule has 2 N–H and O–H groups in total. The maximum absolute atomic E-state index is 10.6. The van der Waals surface area contributed by atoms with Crippen molar-refractivity contribution in [1.82, 2.24) is 0 Å². The average molecular weight is 240 g/mol. The molecular formula is C14H12N2O2. The van der Waals surface area contributed by atoms with Crippen molar-refractivity contribution in [2.24, 2.45) is 0 Å². The van der Waals surface area contributed by atoms with Crippen LogP contribution in [-0.2, 0) is 0 Å². The Balaban J connectivity index is 2.25. The van der Waals surface area contributed by atoms with Crippen LogP contribution in [0.4, 0.5) is 11.4 Å². The molecule has 2 aromatic carbocycles. The number of non-ortho nitro benzene ring substituents is 1. The number of hydrogen-bond acceptors (Lipinski definition) is 3. The molecule has 4 nitrogen and oxygen atoms in total. The standard InChI is InChI=1S/C14H12N2O2/c15-14-10-13(16(17)18)9-8-12(14)7-6-11-4-2-1-3-5-11/h1-10H,15H2. The van der Waals surface area contributed by atoms with Crippen LogP contribution in [-0.4, -0.2) is 4.92 Å². The van der Waals surface area contributed by atoms with Crippen LogP contribution < -0.4 is 5.73 Å². The molecule has 0 saturated heterocycles. The zero-order chi connectivity index (χ0) is 13.0. The van der Waals surface area contributed by atoms with Gasteiger partial charge in [0.05, 0.1) is 4.92 Å². The maximum Gasteiger partial charge on any atom is 0.271 e. The topological polar surface area (TPSA) is 69.2 Å². The first-order valence-corrected chi connectivity index (χ1v) is 5.44. The van der Waals surface area contributed by atoms with E-state index < -0.39 is 4.92 Å². The summed E-state index contributed by atoms with van der Waals surface area (Å²) in [4.78, 5) is 10.1. The van der Waals surface area contributed by atoms with E-state index >= 15 is 0 Å². The predicted molar refractivity (Wildman–Crippen MR) is 72.9 cm³/mol. The lowest BCUT2D eigenvalue weighted by molar-refractivity contribution is -0.384. The second kappa shape index (κ2) is 5.14. The molecule has 0 radical (unpaired) electrons. The van der Waals surface area contributed by atoms with Gasteiger partial charge in [0.25, 0.3) is 5.69 Å². The van der Waals surface area contributed by atoms with E-state index in [1.165, 1.54) is 12.1 Å². The summed E-state index contributed by atoms with van der Waals surface area (Å²) in [6, 6.07) is 14.2. The molecule has 4 heteroatoms. The lowest BCUT2D eigenvalue weighted by atomic mass is 10.1. The fraction of sp³-hybridized carbons (Fsp3) is 0. The highest BCUT2D eigenvalue weighted by molar-refractivity contribution is 5.76. The smallest absolute Gasteiger partial charge is 0.271 e. The van der Waals surface area contributed by atoms with Crippen LogP contribution in [0.25, 0.3) is 12.2 Å². The predicted octanol–water partition coefficient (Wildman–Crippen LogP) is 3.35. The van der Waals surface area contributed by atoms with Gasteiger partial charge in [0.15, 0.2) is 0 Å². The normalized spacial score (nSPS) is 10.7. The van der Waals surface area contributed by atoms with Crippen LogP contribution in [0.3, 0.4) is 0 Å². The van der Waals surface area contributed by atoms with Crippen molar-refractivity contribution in [1.29, 1.82) is 0 Å². The van der Waals surface area contributed by atoms with E-state index in [-0.39, 0.29) is 5.69 Å². The minimum atomic E-state index is -0.457. The van der Waals surface area contributed by atoms with E-state index in [0.717, 1.165) is 11.1 Å². The Bertz CT molecular complexity index is 592. The highest BCUT2D eigenvalue weighted by Gasteiger charge is 2.06. The van der Waals surface area contributed by atoms with Gasteiger partial charge in [0, 0.05) is 17.8 Å². The number of hydrogen-bond donors (Lipinski definition) is 1. The van der Waals surface area contributed by atoms with Gasteiger partial charge in [0.1, 0.15) is 0 Å². The maximum atomic E-state index is 10.6. The molecule has 0 amide bonds. The molecule has 2 rings (SSSR count). The lowest BCUT2D eigenvalue weighted by Gasteiger charge is -2.00. The van der Waals surface area contributed by atoms with Gasteiger partial charge < -0.3 is 5.73 Å². The Morgan fingerprint density at radius 3 is 2.39 bits per heavy atom. The van der Waals surface area contributed by atoms with Gasteiger partial charge >= 0.3 is 0 Å². The molecule has 0 atom stereocenters. The Morgan fingerprint density at radius 1 is 1.06 bits per heavy atom. The monoisotopic (exact) mass is 240 g/mol. The number of benzene rings is 2. The molecule has 0 heterocycles. The number of nitrogen functional groups attached to an aromatic ring is 1. The van der Waals surface area contributed by atoms with Gasteiger partial charge in [-0.15, -0.1) is 0 Å². The third-order valence-corrected chi connectivity index (χ3v) is 2.54. The molecule has 0 saturated carbocycles. The number of anilines is 1. The minimum absolute atomic E-state index is 0.00404. The molecule has 0 aliphatic rings. The average Bonchev–Trinajstić information content (AvgIpc) is 2.38. The van der Waals surface area contributed by atoms with Gasteiger partial charge in [-0.3, -0.25) is 10.1 Å². The fourth-order valence-corrected chi connectivity index (χ4v) is 1.58. The Morgan fingerprint density at radius 2 is 1.78 bits per heavy atom. The van der Waals surface area contributed by atoms with Crippen molar-refractivity contribution in [2.45, 2.75) is 0 Å². The highest BCUT2D eigenvalue weighted by Crippen LogP contribution is 2.21. The van der Waals surface area contributed by atoms with Gasteiger partial charge in [0.2, 0.25) is 0 Å². The van der Waals surface area contributed by atoms with Crippen molar-refractivity contribution >= 4 is 23.5 Å². The van der Waals surface area contributed by atoms with Crippen molar-refractivity contribution in [3.8, 4) is 0 Å². The van der Waals surface area contributed by atoms with E-state index in [4.69, 9.17) is 5.73 Å². The van der Waals surface area contributed by atoms with Crippen LogP contribution in [0.1, 0.15) is 11.1 Å². The van der Waals surface area contributed by atoms with E-state index in [1.54, 1.807) is 6.07 Å². The number of rotatable bonds is 3.